The van der Waals surface area contributed by atoms with Crippen molar-refractivity contribution in [2.45, 2.75) is 11.3 Å². The van der Waals surface area contributed by atoms with Gasteiger partial charge in [-0.3, -0.25) is 0 Å². The maximum Gasteiger partial charge on any atom is 0.239 e. The van der Waals surface area contributed by atoms with Gasteiger partial charge in [-0.2, -0.15) is 0 Å². The van der Waals surface area contributed by atoms with Gasteiger partial charge in [-0.1, -0.05) is 0 Å². The summed E-state index contributed by atoms with van der Waals surface area (Å²) in [6.45, 7) is 2.54. The molecule has 0 saturated heterocycles. The maximum atomic E-state index is 11.1. The number of hydrogen-bond acceptors (Lipinski definition) is 6. The molecule has 0 amide bonds. The molecule has 1 aromatic heterocycles. The van der Waals surface area contributed by atoms with Gasteiger partial charge in [0, 0.05) is 26.4 Å². The minimum atomic E-state index is -3.70. The average molecular weight is 288 g/mol. The number of sulfonamides is 1. The summed E-state index contributed by atoms with van der Waals surface area (Å²) in [6, 6.07) is 3.08. The van der Waals surface area contributed by atoms with E-state index in [9.17, 15) is 8.42 Å². The first-order valence-electron chi connectivity index (χ1n) is 5.92. The van der Waals surface area contributed by atoms with E-state index in [4.69, 9.17) is 15.6 Å². The van der Waals surface area contributed by atoms with E-state index in [1.165, 1.54) is 12.3 Å². The zero-order valence-electron chi connectivity index (χ0n) is 10.9. The van der Waals surface area contributed by atoms with E-state index >= 15 is 0 Å². The van der Waals surface area contributed by atoms with Gasteiger partial charge < -0.3 is 15.4 Å². The lowest BCUT2D eigenvalue weighted by molar-refractivity contribution is 0.205. The molecule has 7 nitrogen and oxygen atoms in total. The van der Waals surface area contributed by atoms with Crippen LogP contribution in [0, 0.1) is 0 Å². The molecule has 0 aliphatic rings. The van der Waals surface area contributed by atoms with Crippen LogP contribution in [0.4, 0.5) is 5.82 Å². The molecule has 108 valence electrons. The summed E-state index contributed by atoms with van der Waals surface area (Å²) >= 11 is 0. The molecule has 19 heavy (non-hydrogen) atoms. The topological polar surface area (TPSA) is 112 Å². The molecule has 8 heteroatoms. The molecule has 0 aliphatic heterocycles. The summed E-state index contributed by atoms with van der Waals surface area (Å²) in [4.78, 5) is 6.11. The fraction of sp³-hybridized carbons (Fsp3) is 0.545. The first-order chi connectivity index (χ1) is 8.99. The van der Waals surface area contributed by atoms with Crippen molar-refractivity contribution in [3.8, 4) is 0 Å². The predicted molar refractivity (Wildman–Crippen MR) is 73.4 cm³/mol. The van der Waals surface area contributed by atoms with Gasteiger partial charge in [-0.25, -0.2) is 18.5 Å². The van der Waals surface area contributed by atoms with Crippen molar-refractivity contribution < 1.29 is 13.2 Å². The van der Waals surface area contributed by atoms with Crippen LogP contribution in [-0.4, -0.2) is 46.8 Å². The van der Waals surface area contributed by atoms with Crippen LogP contribution in [0.1, 0.15) is 6.42 Å². The molecule has 1 rings (SSSR count). The summed E-state index contributed by atoms with van der Waals surface area (Å²) in [5.74, 6) is 0.679. The molecule has 0 atom stereocenters. The van der Waals surface area contributed by atoms with Crippen molar-refractivity contribution in [3.63, 3.8) is 0 Å². The highest BCUT2D eigenvalue weighted by molar-refractivity contribution is 7.89. The van der Waals surface area contributed by atoms with Crippen LogP contribution in [0.3, 0.4) is 0 Å². The maximum absolute atomic E-state index is 11.1. The second-order valence-corrected chi connectivity index (χ2v) is 5.58. The number of rotatable bonds is 8. The summed E-state index contributed by atoms with van der Waals surface area (Å²) in [5.41, 5.74) is 5.49. The fourth-order valence-electron chi connectivity index (χ4n) is 1.55. The molecule has 0 spiro atoms. The number of methoxy groups -OCH3 is 1. The predicted octanol–water partition coefficient (Wildman–Crippen LogP) is -0.469. The van der Waals surface area contributed by atoms with E-state index in [1.807, 2.05) is 4.90 Å². The van der Waals surface area contributed by atoms with Crippen LogP contribution in [0.15, 0.2) is 23.2 Å². The SMILES string of the molecule is COCCN(CCCN)c1ccc(S(N)(=O)=O)cn1. The van der Waals surface area contributed by atoms with Gasteiger partial charge in [0.25, 0.3) is 0 Å². The number of anilines is 1. The van der Waals surface area contributed by atoms with Crippen LogP contribution >= 0.6 is 0 Å². The van der Waals surface area contributed by atoms with E-state index in [1.54, 1.807) is 13.2 Å². The first-order valence-corrected chi connectivity index (χ1v) is 7.46. The minimum Gasteiger partial charge on any atom is -0.383 e. The number of hydrogen-bond donors (Lipinski definition) is 2. The smallest absolute Gasteiger partial charge is 0.239 e. The monoisotopic (exact) mass is 288 g/mol. The number of primary sulfonamides is 1. The Morgan fingerprint density at radius 1 is 1.37 bits per heavy atom. The molecule has 4 N–H and O–H groups in total. The fourth-order valence-corrected chi connectivity index (χ4v) is 2.01. The third kappa shape index (κ3) is 5.11. The zero-order valence-corrected chi connectivity index (χ0v) is 11.8. The minimum absolute atomic E-state index is 0.00164. The van der Waals surface area contributed by atoms with Crippen LogP contribution in [-0.2, 0) is 14.8 Å². The largest absolute Gasteiger partial charge is 0.383 e. The van der Waals surface area contributed by atoms with Crippen molar-refractivity contribution in [1.82, 2.24) is 4.98 Å². The van der Waals surface area contributed by atoms with Crippen LogP contribution in [0.25, 0.3) is 0 Å². The summed E-state index contributed by atoms with van der Waals surface area (Å²) in [7, 11) is -2.08. The third-order valence-electron chi connectivity index (χ3n) is 2.57. The van der Waals surface area contributed by atoms with E-state index in [2.05, 4.69) is 4.98 Å². The second-order valence-electron chi connectivity index (χ2n) is 4.02. The Labute approximate surface area is 113 Å². The summed E-state index contributed by atoms with van der Waals surface area (Å²) in [6.07, 6.45) is 2.08. The standard InChI is InChI=1S/C11H20N4O3S/c1-18-8-7-15(6-2-5-12)11-4-3-10(9-14-11)19(13,16)17/h3-4,9H,2,5-8,12H2,1H3,(H2,13,16,17). The van der Waals surface area contributed by atoms with Gasteiger partial charge in [0.05, 0.1) is 6.61 Å². The average Bonchev–Trinajstić information content (AvgIpc) is 2.38. The van der Waals surface area contributed by atoms with Gasteiger partial charge in [-0.05, 0) is 25.1 Å². The Bertz CT molecular complexity index is 467. The van der Waals surface area contributed by atoms with Crippen molar-refractivity contribution in [1.29, 1.82) is 0 Å². The Morgan fingerprint density at radius 3 is 2.58 bits per heavy atom. The summed E-state index contributed by atoms with van der Waals surface area (Å²) in [5, 5.41) is 5.03. The Kier molecular flexibility index (Phi) is 6.16. The number of nitrogens with two attached hydrogens (primary N) is 2. The van der Waals surface area contributed by atoms with Gasteiger partial charge >= 0.3 is 0 Å². The molecule has 0 unspecified atom stereocenters. The zero-order chi connectivity index (χ0) is 14.3. The molecule has 0 aromatic carbocycles. The highest BCUT2D eigenvalue weighted by Gasteiger charge is 2.11. The molecule has 1 heterocycles. The highest BCUT2D eigenvalue weighted by Crippen LogP contribution is 2.13. The lowest BCUT2D eigenvalue weighted by atomic mass is 10.3. The Balaban J connectivity index is 2.83. The molecule has 0 aliphatic carbocycles. The number of pyridine rings is 1. The van der Waals surface area contributed by atoms with Crippen LogP contribution in [0.5, 0.6) is 0 Å². The van der Waals surface area contributed by atoms with Crippen molar-refractivity contribution in [2.75, 3.05) is 38.3 Å². The second kappa shape index (κ2) is 7.39. The molecular weight excluding hydrogens is 268 g/mol. The van der Waals surface area contributed by atoms with Crippen LogP contribution < -0.4 is 15.8 Å². The van der Waals surface area contributed by atoms with E-state index < -0.39 is 10.0 Å². The normalized spacial score (nSPS) is 11.5. The first kappa shape index (κ1) is 15.8. The number of aromatic nitrogens is 1. The van der Waals surface area contributed by atoms with Gasteiger partial charge in [-0.15, -0.1) is 0 Å². The Morgan fingerprint density at radius 2 is 2.11 bits per heavy atom. The van der Waals surface area contributed by atoms with Crippen LogP contribution in [0.2, 0.25) is 0 Å². The molecular formula is C11H20N4O3S. The highest BCUT2D eigenvalue weighted by atomic mass is 32.2. The quantitative estimate of drug-likeness (QED) is 0.669. The van der Waals surface area contributed by atoms with Crippen molar-refractivity contribution in [2.24, 2.45) is 10.9 Å². The van der Waals surface area contributed by atoms with E-state index in [0.29, 0.717) is 25.5 Å². The van der Waals surface area contributed by atoms with E-state index in [0.717, 1.165) is 13.0 Å². The molecule has 0 fully saturated rings. The van der Waals surface area contributed by atoms with Gasteiger partial charge in [0.1, 0.15) is 10.7 Å². The molecule has 0 bridgehead atoms. The van der Waals surface area contributed by atoms with Gasteiger partial charge in [0.15, 0.2) is 0 Å². The van der Waals surface area contributed by atoms with E-state index in [-0.39, 0.29) is 4.90 Å². The lowest BCUT2D eigenvalue weighted by Crippen LogP contribution is -2.30. The van der Waals surface area contributed by atoms with Crippen molar-refractivity contribution in [3.05, 3.63) is 18.3 Å². The lowest BCUT2D eigenvalue weighted by Gasteiger charge is -2.23. The third-order valence-corrected chi connectivity index (χ3v) is 3.47. The van der Waals surface area contributed by atoms with Gasteiger partial charge in [0.2, 0.25) is 10.0 Å². The molecule has 0 saturated carbocycles. The number of ether oxygens (including phenoxy) is 1. The van der Waals surface area contributed by atoms with Crippen molar-refractivity contribution >= 4 is 15.8 Å². The molecule has 1 aromatic rings. The Hall–Kier alpha value is -1.22. The number of nitrogens with zero attached hydrogens (tertiary/aromatic N) is 2. The molecule has 0 radical (unpaired) electrons. The summed E-state index contributed by atoms with van der Waals surface area (Å²) < 4.78 is 27.3.